The molecule has 8 atom stereocenters. The summed E-state index contributed by atoms with van der Waals surface area (Å²) in [5.41, 5.74) is 0.277. The number of rotatable bonds is 2. The Labute approximate surface area is 179 Å². The third-order valence-electron chi connectivity index (χ3n) is 10.2. The first-order valence-electron chi connectivity index (χ1n) is 11.8. The Morgan fingerprint density at radius 3 is 2.43 bits per heavy atom. The van der Waals surface area contributed by atoms with Gasteiger partial charge in [0.25, 0.3) is 0 Å². The van der Waals surface area contributed by atoms with E-state index in [1.54, 1.807) is 0 Å². The normalized spacial score (nSPS) is 49.4. The van der Waals surface area contributed by atoms with Gasteiger partial charge in [-0.2, -0.15) is 0 Å². The summed E-state index contributed by atoms with van der Waals surface area (Å²) in [6.45, 7) is 8.67. The minimum atomic E-state index is -0.693. The Morgan fingerprint density at radius 1 is 1.07 bits per heavy atom. The van der Waals surface area contributed by atoms with E-state index in [1.165, 1.54) is 17.7 Å². The molecule has 4 heteroatoms. The molecule has 3 fully saturated rings. The van der Waals surface area contributed by atoms with Crippen LogP contribution in [-0.2, 0) is 14.4 Å². The fraction of sp³-hybridized carbons (Fsp3) is 0.731. The Balaban J connectivity index is 1.68. The molecule has 0 aliphatic heterocycles. The monoisotopic (exact) mass is 410 g/mol. The number of carbonyl (C=O) groups excluding carboxylic acids is 2. The van der Waals surface area contributed by atoms with Gasteiger partial charge in [-0.05, 0) is 80.3 Å². The molecule has 6 aliphatic carbocycles. The van der Waals surface area contributed by atoms with Crippen LogP contribution in [-0.4, -0.2) is 22.6 Å². The zero-order valence-corrected chi connectivity index (χ0v) is 18.6. The number of carboxylic acids is 1. The van der Waals surface area contributed by atoms with Crippen LogP contribution in [0, 0.1) is 51.8 Å². The van der Waals surface area contributed by atoms with Gasteiger partial charge in [0.05, 0.1) is 5.41 Å². The van der Waals surface area contributed by atoms with Gasteiger partial charge >= 0.3 is 5.97 Å². The summed E-state index contributed by atoms with van der Waals surface area (Å²) in [5.74, 6) is 0.00398. The van der Waals surface area contributed by atoms with E-state index in [-0.39, 0.29) is 52.0 Å². The number of carboxylic acid groups (broad SMARTS) is 1. The molecule has 162 valence electrons. The molecular weight excluding hydrogens is 376 g/mol. The lowest BCUT2D eigenvalue weighted by Gasteiger charge is -2.69. The van der Waals surface area contributed by atoms with Crippen LogP contribution in [0.5, 0.6) is 0 Å². The summed E-state index contributed by atoms with van der Waals surface area (Å²) in [4.78, 5) is 38.6. The van der Waals surface area contributed by atoms with Gasteiger partial charge in [0, 0.05) is 17.3 Å². The predicted octanol–water partition coefficient (Wildman–Crippen LogP) is 4.84. The molecular formula is C26H34O4. The summed E-state index contributed by atoms with van der Waals surface area (Å²) in [6, 6.07) is 0. The first-order valence-corrected chi connectivity index (χ1v) is 11.8. The number of hydrogen-bond acceptors (Lipinski definition) is 3. The van der Waals surface area contributed by atoms with E-state index >= 15 is 0 Å². The number of aliphatic carboxylic acids is 1. The summed E-state index contributed by atoms with van der Waals surface area (Å²) in [6.07, 6.45) is 10.8. The maximum atomic E-state index is 13.2. The largest absolute Gasteiger partial charge is 0.481 e. The lowest BCUT2D eigenvalue weighted by molar-refractivity contribution is -0.197. The molecule has 0 radical (unpaired) electrons. The van der Waals surface area contributed by atoms with Gasteiger partial charge in [0.1, 0.15) is 0 Å². The molecule has 0 aromatic carbocycles. The standard InChI is InChI=1S/C26H34O4/c1-14(2)16-13-26-11-8-19-24(3,9-5-10-25(19,4)23(29)30)20(26)12-15(16)21-17(27)6-7-18(28)22(21)26/h6-7,13-15,19-22H,5,8-12H2,1-4H3,(H,29,30)/t15-,19-,20+,21+,22+,24+,25-,26+/m1/s1. The lowest BCUT2D eigenvalue weighted by Crippen LogP contribution is -2.66. The van der Waals surface area contributed by atoms with Gasteiger partial charge < -0.3 is 5.11 Å². The quantitative estimate of drug-likeness (QED) is 0.662. The summed E-state index contributed by atoms with van der Waals surface area (Å²) >= 11 is 0. The zero-order chi connectivity index (χ0) is 21.6. The molecule has 6 rings (SSSR count). The summed E-state index contributed by atoms with van der Waals surface area (Å²) < 4.78 is 0. The second-order valence-electron chi connectivity index (χ2n) is 11.6. The second kappa shape index (κ2) is 6.17. The first-order chi connectivity index (χ1) is 14.1. The zero-order valence-electron chi connectivity index (χ0n) is 18.6. The molecule has 6 aliphatic rings. The van der Waals surface area contributed by atoms with Gasteiger partial charge in [0.2, 0.25) is 0 Å². The molecule has 4 nitrogen and oxygen atoms in total. The highest BCUT2D eigenvalue weighted by Crippen LogP contribution is 2.73. The minimum Gasteiger partial charge on any atom is -0.481 e. The van der Waals surface area contributed by atoms with Gasteiger partial charge in [-0.15, -0.1) is 0 Å². The molecule has 0 aromatic heterocycles. The number of ketones is 2. The van der Waals surface area contributed by atoms with Crippen LogP contribution in [0.2, 0.25) is 0 Å². The average molecular weight is 411 g/mol. The smallest absolute Gasteiger partial charge is 0.309 e. The second-order valence-corrected chi connectivity index (χ2v) is 11.6. The van der Waals surface area contributed by atoms with Crippen molar-refractivity contribution in [3.8, 4) is 0 Å². The Bertz CT molecular complexity index is 897. The molecule has 0 amide bonds. The van der Waals surface area contributed by atoms with Crippen LogP contribution in [0.3, 0.4) is 0 Å². The maximum absolute atomic E-state index is 13.2. The molecule has 0 heterocycles. The fourth-order valence-electron chi connectivity index (χ4n) is 9.05. The van der Waals surface area contributed by atoms with E-state index in [9.17, 15) is 19.5 Å². The van der Waals surface area contributed by atoms with Crippen molar-refractivity contribution in [1.29, 1.82) is 0 Å². The van der Waals surface area contributed by atoms with Crippen molar-refractivity contribution in [3.05, 3.63) is 23.8 Å². The van der Waals surface area contributed by atoms with Gasteiger partial charge in [-0.3, -0.25) is 14.4 Å². The van der Waals surface area contributed by atoms with Crippen molar-refractivity contribution in [1.82, 2.24) is 0 Å². The predicted molar refractivity (Wildman–Crippen MR) is 114 cm³/mol. The van der Waals surface area contributed by atoms with E-state index in [2.05, 4.69) is 26.8 Å². The van der Waals surface area contributed by atoms with Crippen molar-refractivity contribution in [2.24, 2.45) is 51.8 Å². The third-order valence-corrected chi connectivity index (χ3v) is 10.2. The Kier molecular flexibility index (Phi) is 4.16. The van der Waals surface area contributed by atoms with Gasteiger partial charge in [-0.1, -0.05) is 38.8 Å². The number of hydrogen-bond donors (Lipinski definition) is 1. The topological polar surface area (TPSA) is 71.4 Å². The molecule has 2 bridgehead atoms. The van der Waals surface area contributed by atoms with Crippen LogP contribution in [0.25, 0.3) is 0 Å². The number of carbonyl (C=O) groups is 3. The highest BCUT2D eigenvalue weighted by molar-refractivity contribution is 6.08. The van der Waals surface area contributed by atoms with Crippen molar-refractivity contribution >= 4 is 17.5 Å². The average Bonchev–Trinajstić information content (AvgIpc) is 2.69. The molecule has 0 aromatic rings. The molecule has 30 heavy (non-hydrogen) atoms. The van der Waals surface area contributed by atoms with E-state index < -0.39 is 11.4 Å². The molecule has 3 saturated carbocycles. The fourth-order valence-corrected chi connectivity index (χ4v) is 9.05. The number of fused-ring (bicyclic) bond motifs is 1. The van der Waals surface area contributed by atoms with Crippen molar-refractivity contribution in [2.45, 2.75) is 66.2 Å². The summed E-state index contributed by atoms with van der Waals surface area (Å²) in [5, 5.41) is 10.1. The van der Waals surface area contributed by atoms with E-state index in [4.69, 9.17) is 0 Å². The maximum Gasteiger partial charge on any atom is 0.309 e. The van der Waals surface area contributed by atoms with Crippen molar-refractivity contribution in [2.75, 3.05) is 0 Å². The third kappa shape index (κ3) is 2.26. The van der Waals surface area contributed by atoms with Crippen LogP contribution in [0.4, 0.5) is 0 Å². The minimum absolute atomic E-state index is 0.101. The van der Waals surface area contributed by atoms with E-state index in [0.29, 0.717) is 5.92 Å². The Hall–Kier alpha value is -1.71. The Morgan fingerprint density at radius 2 is 1.77 bits per heavy atom. The first kappa shape index (κ1) is 20.2. The van der Waals surface area contributed by atoms with E-state index in [0.717, 1.165) is 38.5 Å². The SMILES string of the molecule is CC(C)C1=C[C@@]23CC[C@@H]4[C@](C)(CCC[C@@]4(C)C(=O)O)[C@@H]2C[C@H]1[C@H]1C(=O)C=CC(=O)[C@@H]13. The van der Waals surface area contributed by atoms with Gasteiger partial charge in [0.15, 0.2) is 11.6 Å². The summed E-state index contributed by atoms with van der Waals surface area (Å²) in [7, 11) is 0. The molecule has 0 saturated heterocycles. The van der Waals surface area contributed by atoms with Crippen LogP contribution in [0.1, 0.15) is 66.2 Å². The van der Waals surface area contributed by atoms with Crippen LogP contribution < -0.4 is 0 Å². The van der Waals surface area contributed by atoms with Gasteiger partial charge in [-0.25, -0.2) is 0 Å². The highest BCUT2D eigenvalue weighted by atomic mass is 16.4. The van der Waals surface area contributed by atoms with Crippen LogP contribution in [0.15, 0.2) is 23.8 Å². The lowest BCUT2D eigenvalue weighted by atomic mass is 9.33. The molecule has 0 unspecified atom stereocenters. The molecule has 1 N–H and O–H groups in total. The van der Waals surface area contributed by atoms with Crippen LogP contribution >= 0.6 is 0 Å². The van der Waals surface area contributed by atoms with Crippen molar-refractivity contribution in [3.63, 3.8) is 0 Å². The number of allylic oxidation sites excluding steroid dienone is 4. The highest BCUT2D eigenvalue weighted by Gasteiger charge is 2.70. The van der Waals surface area contributed by atoms with E-state index in [1.807, 2.05) is 6.92 Å². The molecule has 1 spiro atoms. The van der Waals surface area contributed by atoms with Crippen molar-refractivity contribution < 1.29 is 19.5 Å².